The maximum absolute atomic E-state index is 11.7. The van der Waals surface area contributed by atoms with Crippen LogP contribution < -0.4 is 5.73 Å². The second-order valence-electron chi connectivity index (χ2n) is 2.61. The van der Waals surface area contributed by atoms with Crippen LogP contribution in [0.2, 0.25) is 0 Å². The summed E-state index contributed by atoms with van der Waals surface area (Å²) in [5, 5.41) is 0. The molecule has 1 atom stereocenters. The molecule has 0 aliphatic heterocycles. The van der Waals surface area contributed by atoms with Gasteiger partial charge in [-0.1, -0.05) is 0 Å². The highest BCUT2D eigenvalue weighted by Gasteiger charge is 2.04. The van der Waals surface area contributed by atoms with Crippen molar-refractivity contribution in [2.75, 3.05) is 26.8 Å². The number of halogens is 1. The number of likely N-dealkylation sites (N-methyl/N-ethyl adjacent to an activating group) is 1. The van der Waals surface area contributed by atoms with Crippen molar-refractivity contribution < 1.29 is 4.39 Å². The molecule has 0 aliphatic carbocycles. The van der Waals surface area contributed by atoms with Crippen molar-refractivity contribution in [2.24, 2.45) is 5.73 Å². The van der Waals surface area contributed by atoms with E-state index in [9.17, 15) is 4.39 Å². The molecule has 0 heterocycles. The van der Waals surface area contributed by atoms with Crippen LogP contribution in [0.25, 0.3) is 0 Å². The molecule has 0 aromatic carbocycles. The first-order valence-corrected chi connectivity index (χ1v) is 3.68. The summed E-state index contributed by atoms with van der Waals surface area (Å²) in [6.45, 7) is 3.25. The van der Waals surface area contributed by atoms with E-state index in [-0.39, 0.29) is 6.67 Å². The lowest BCUT2D eigenvalue weighted by atomic mass is 10.3. The second kappa shape index (κ2) is 5.62. The van der Waals surface area contributed by atoms with E-state index in [1.54, 1.807) is 0 Å². The fraction of sp³-hybridized carbons (Fsp3) is 1.00. The van der Waals surface area contributed by atoms with Crippen LogP contribution in [0.1, 0.15) is 13.3 Å². The van der Waals surface area contributed by atoms with Gasteiger partial charge in [-0.05, 0) is 20.4 Å². The normalized spacial score (nSPS) is 14.1. The lowest BCUT2D eigenvalue weighted by Gasteiger charge is -2.22. The van der Waals surface area contributed by atoms with Crippen LogP contribution >= 0.6 is 0 Å². The standard InChI is InChI=1S/C7H17FN2/c1-7(6-9)10(2)5-3-4-8/h7H,3-6,9H2,1-2H3. The fourth-order valence-electron chi connectivity index (χ4n) is 0.709. The Morgan fingerprint density at radius 3 is 2.60 bits per heavy atom. The molecule has 3 heteroatoms. The number of nitrogens with two attached hydrogens (primary N) is 1. The maximum atomic E-state index is 11.7. The average molecular weight is 148 g/mol. The third-order valence-electron chi connectivity index (χ3n) is 1.74. The van der Waals surface area contributed by atoms with Gasteiger partial charge >= 0.3 is 0 Å². The minimum absolute atomic E-state index is 0.234. The molecule has 0 fully saturated rings. The van der Waals surface area contributed by atoms with Crippen LogP contribution in [0.3, 0.4) is 0 Å². The van der Waals surface area contributed by atoms with E-state index in [2.05, 4.69) is 4.90 Å². The van der Waals surface area contributed by atoms with Gasteiger partial charge in [-0.3, -0.25) is 4.39 Å². The topological polar surface area (TPSA) is 29.3 Å². The molecule has 0 aromatic heterocycles. The molecule has 0 rings (SSSR count). The average Bonchev–Trinajstić information content (AvgIpc) is 1.98. The van der Waals surface area contributed by atoms with Crippen LogP contribution in [-0.2, 0) is 0 Å². The Morgan fingerprint density at radius 1 is 1.60 bits per heavy atom. The van der Waals surface area contributed by atoms with Crippen LogP contribution in [0, 0.1) is 0 Å². The van der Waals surface area contributed by atoms with E-state index in [1.807, 2.05) is 14.0 Å². The van der Waals surface area contributed by atoms with Crippen molar-refractivity contribution in [3.63, 3.8) is 0 Å². The summed E-state index contributed by atoms with van der Waals surface area (Å²) >= 11 is 0. The van der Waals surface area contributed by atoms with E-state index in [4.69, 9.17) is 5.73 Å². The molecule has 2 N–H and O–H groups in total. The Bertz CT molecular complexity index is 78.0. The van der Waals surface area contributed by atoms with Gasteiger partial charge in [-0.15, -0.1) is 0 Å². The van der Waals surface area contributed by atoms with Crippen molar-refractivity contribution in [1.82, 2.24) is 4.90 Å². The minimum atomic E-state index is -0.234. The molecule has 0 bridgehead atoms. The fourth-order valence-corrected chi connectivity index (χ4v) is 0.709. The third kappa shape index (κ3) is 3.80. The molecule has 0 saturated heterocycles. The molecule has 0 radical (unpaired) electrons. The summed E-state index contributed by atoms with van der Waals surface area (Å²) in [5.74, 6) is 0. The Labute approximate surface area is 62.2 Å². The zero-order valence-electron chi connectivity index (χ0n) is 6.81. The van der Waals surface area contributed by atoms with Gasteiger partial charge in [-0.2, -0.15) is 0 Å². The molecular formula is C7H17FN2. The molecule has 1 unspecified atom stereocenters. The van der Waals surface area contributed by atoms with Gasteiger partial charge in [0.1, 0.15) is 0 Å². The predicted molar refractivity (Wildman–Crippen MR) is 41.7 cm³/mol. The van der Waals surface area contributed by atoms with Crippen molar-refractivity contribution in [3.8, 4) is 0 Å². The molecule has 0 spiro atoms. The van der Waals surface area contributed by atoms with Gasteiger partial charge in [-0.25, -0.2) is 0 Å². The monoisotopic (exact) mass is 148 g/mol. The van der Waals surface area contributed by atoms with E-state index < -0.39 is 0 Å². The highest BCUT2D eigenvalue weighted by atomic mass is 19.1. The first-order valence-electron chi connectivity index (χ1n) is 3.68. The van der Waals surface area contributed by atoms with Crippen molar-refractivity contribution >= 4 is 0 Å². The smallest absolute Gasteiger partial charge is 0.0906 e. The zero-order chi connectivity index (χ0) is 7.98. The largest absolute Gasteiger partial charge is 0.329 e. The first-order chi connectivity index (χ1) is 4.72. The number of rotatable bonds is 5. The van der Waals surface area contributed by atoms with E-state index in [0.29, 0.717) is 19.0 Å². The number of nitrogens with zero attached hydrogens (tertiary/aromatic N) is 1. The highest BCUT2D eigenvalue weighted by Crippen LogP contribution is 1.94. The zero-order valence-corrected chi connectivity index (χ0v) is 6.81. The van der Waals surface area contributed by atoms with E-state index >= 15 is 0 Å². The molecule has 2 nitrogen and oxygen atoms in total. The van der Waals surface area contributed by atoms with Crippen molar-refractivity contribution in [3.05, 3.63) is 0 Å². The lowest BCUT2D eigenvalue weighted by molar-refractivity contribution is 0.249. The highest BCUT2D eigenvalue weighted by molar-refractivity contribution is 4.62. The number of alkyl halides is 1. The quantitative estimate of drug-likeness (QED) is 0.619. The molecule has 0 amide bonds. The third-order valence-corrected chi connectivity index (χ3v) is 1.74. The molecule has 10 heavy (non-hydrogen) atoms. The Balaban J connectivity index is 3.31. The number of hydrogen-bond donors (Lipinski definition) is 1. The summed E-state index contributed by atoms with van der Waals surface area (Å²) in [5.41, 5.74) is 5.41. The summed E-state index contributed by atoms with van der Waals surface area (Å²) in [6, 6.07) is 0.367. The molecule has 0 saturated carbocycles. The summed E-state index contributed by atoms with van der Waals surface area (Å²) in [7, 11) is 1.97. The Hall–Kier alpha value is -0.150. The van der Waals surface area contributed by atoms with Crippen molar-refractivity contribution in [1.29, 1.82) is 0 Å². The van der Waals surface area contributed by atoms with Gasteiger partial charge in [0, 0.05) is 19.1 Å². The summed E-state index contributed by atoms with van der Waals surface area (Å²) in [6.07, 6.45) is 0.612. The second-order valence-corrected chi connectivity index (χ2v) is 2.61. The SMILES string of the molecule is CC(CN)N(C)CCCF. The van der Waals surface area contributed by atoms with Gasteiger partial charge < -0.3 is 10.6 Å². The molecule has 62 valence electrons. The van der Waals surface area contributed by atoms with Crippen molar-refractivity contribution in [2.45, 2.75) is 19.4 Å². The minimum Gasteiger partial charge on any atom is -0.329 e. The molecule has 0 aromatic rings. The summed E-state index contributed by atoms with van der Waals surface area (Å²) in [4.78, 5) is 2.07. The van der Waals surface area contributed by atoms with Crippen LogP contribution in [-0.4, -0.2) is 37.8 Å². The van der Waals surface area contributed by atoms with Crippen LogP contribution in [0.4, 0.5) is 4.39 Å². The van der Waals surface area contributed by atoms with Gasteiger partial charge in [0.2, 0.25) is 0 Å². The predicted octanol–water partition coefficient (Wildman–Crippen LogP) is 0.625. The molecular weight excluding hydrogens is 131 g/mol. The van der Waals surface area contributed by atoms with Crippen LogP contribution in [0.5, 0.6) is 0 Å². The Morgan fingerprint density at radius 2 is 2.20 bits per heavy atom. The lowest BCUT2D eigenvalue weighted by Crippen LogP contribution is -2.36. The van der Waals surface area contributed by atoms with Crippen LogP contribution in [0.15, 0.2) is 0 Å². The van der Waals surface area contributed by atoms with E-state index in [1.165, 1.54) is 0 Å². The molecule has 0 aliphatic rings. The van der Waals surface area contributed by atoms with E-state index in [0.717, 1.165) is 6.54 Å². The maximum Gasteiger partial charge on any atom is 0.0906 e. The number of hydrogen-bond acceptors (Lipinski definition) is 2. The summed E-state index contributed by atoms with van der Waals surface area (Å²) < 4.78 is 11.7. The Kier molecular flexibility index (Phi) is 5.54. The van der Waals surface area contributed by atoms with Gasteiger partial charge in [0.25, 0.3) is 0 Å². The first kappa shape index (κ1) is 9.85. The van der Waals surface area contributed by atoms with Gasteiger partial charge in [0.05, 0.1) is 6.67 Å². The van der Waals surface area contributed by atoms with Gasteiger partial charge in [0.15, 0.2) is 0 Å².